The van der Waals surface area contributed by atoms with Crippen LogP contribution in [-0.2, 0) is 13.0 Å². The summed E-state index contributed by atoms with van der Waals surface area (Å²) in [5.74, 6) is 1.96. The summed E-state index contributed by atoms with van der Waals surface area (Å²) >= 11 is 0. The summed E-state index contributed by atoms with van der Waals surface area (Å²) in [7, 11) is 0. The summed E-state index contributed by atoms with van der Waals surface area (Å²) in [5.41, 5.74) is 2.32. The van der Waals surface area contributed by atoms with Crippen molar-refractivity contribution in [2.45, 2.75) is 46.7 Å². The van der Waals surface area contributed by atoms with Crippen LogP contribution in [0.4, 0.5) is 0 Å². The Hall–Kier alpha value is -1.55. The lowest BCUT2D eigenvalue weighted by atomic mass is 10.1. The molecule has 0 radical (unpaired) electrons. The van der Waals surface area contributed by atoms with Crippen LogP contribution in [-0.4, -0.2) is 16.3 Å². The molecule has 0 aliphatic carbocycles. The van der Waals surface area contributed by atoms with Gasteiger partial charge in [-0.25, -0.2) is 0 Å². The summed E-state index contributed by atoms with van der Waals surface area (Å²) in [6.45, 7) is 10.1. The predicted molar refractivity (Wildman–Crippen MR) is 76.2 cm³/mol. The number of aryl methyl sites for hydroxylation is 3. The molecule has 2 aromatic heterocycles. The standard InChI is InChI=1S/C15H23N3O/c1-5-16-14(15-8-7-12(4)19-15)10-13-9-11(3)17-18(13)6-2/h7-9,14,16H,5-6,10H2,1-4H3. The SMILES string of the molecule is CCNC(Cc1cc(C)nn1CC)c1ccc(C)o1. The van der Waals surface area contributed by atoms with E-state index in [1.807, 2.05) is 19.9 Å². The maximum Gasteiger partial charge on any atom is 0.121 e. The molecule has 4 heteroatoms. The molecule has 1 N–H and O–H groups in total. The van der Waals surface area contributed by atoms with Gasteiger partial charge in [-0.15, -0.1) is 0 Å². The third-order valence-electron chi connectivity index (χ3n) is 3.25. The van der Waals surface area contributed by atoms with Crippen LogP contribution in [0.25, 0.3) is 0 Å². The molecule has 0 aromatic carbocycles. The van der Waals surface area contributed by atoms with E-state index < -0.39 is 0 Å². The number of hydrogen-bond acceptors (Lipinski definition) is 3. The third kappa shape index (κ3) is 3.26. The Kier molecular flexibility index (Phi) is 4.43. The fraction of sp³-hybridized carbons (Fsp3) is 0.533. The Morgan fingerprint density at radius 3 is 2.68 bits per heavy atom. The maximum atomic E-state index is 5.76. The fourth-order valence-corrected chi connectivity index (χ4v) is 2.41. The second-order valence-electron chi connectivity index (χ2n) is 4.86. The molecule has 0 bridgehead atoms. The van der Waals surface area contributed by atoms with Gasteiger partial charge in [0, 0.05) is 18.7 Å². The van der Waals surface area contributed by atoms with E-state index in [0.717, 1.165) is 36.7 Å². The molecular formula is C15H23N3O. The lowest BCUT2D eigenvalue weighted by Crippen LogP contribution is -2.23. The van der Waals surface area contributed by atoms with Gasteiger partial charge >= 0.3 is 0 Å². The molecule has 0 saturated heterocycles. The first-order valence-electron chi connectivity index (χ1n) is 6.97. The van der Waals surface area contributed by atoms with E-state index in [1.165, 1.54) is 5.69 Å². The largest absolute Gasteiger partial charge is 0.465 e. The summed E-state index contributed by atoms with van der Waals surface area (Å²) in [5, 5.41) is 7.99. The molecule has 2 rings (SSSR count). The van der Waals surface area contributed by atoms with Crippen LogP contribution in [0.1, 0.15) is 42.8 Å². The molecule has 0 aliphatic heterocycles. The molecule has 2 aromatic rings. The van der Waals surface area contributed by atoms with Gasteiger partial charge in [-0.2, -0.15) is 5.10 Å². The minimum absolute atomic E-state index is 0.208. The molecular weight excluding hydrogens is 238 g/mol. The van der Waals surface area contributed by atoms with Crippen LogP contribution in [0.2, 0.25) is 0 Å². The van der Waals surface area contributed by atoms with Crippen LogP contribution in [0, 0.1) is 13.8 Å². The van der Waals surface area contributed by atoms with Crippen molar-refractivity contribution in [2.75, 3.05) is 6.54 Å². The van der Waals surface area contributed by atoms with Crippen molar-refractivity contribution in [1.82, 2.24) is 15.1 Å². The predicted octanol–water partition coefficient (Wildman–Crippen LogP) is 3.01. The average Bonchev–Trinajstić information content (AvgIpc) is 2.95. The van der Waals surface area contributed by atoms with Crippen molar-refractivity contribution >= 4 is 0 Å². The highest BCUT2D eigenvalue weighted by molar-refractivity contribution is 5.16. The van der Waals surface area contributed by atoms with Crippen molar-refractivity contribution in [3.8, 4) is 0 Å². The van der Waals surface area contributed by atoms with E-state index in [2.05, 4.69) is 41.1 Å². The molecule has 0 saturated carbocycles. The second kappa shape index (κ2) is 6.06. The van der Waals surface area contributed by atoms with Gasteiger partial charge in [-0.3, -0.25) is 4.68 Å². The normalized spacial score (nSPS) is 12.8. The number of hydrogen-bond donors (Lipinski definition) is 1. The smallest absolute Gasteiger partial charge is 0.121 e. The first-order valence-corrected chi connectivity index (χ1v) is 6.97. The maximum absolute atomic E-state index is 5.76. The van der Waals surface area contributed by atoms with Crippen LogP contribution in [0.5, 0.6) is 0 Å². The van der Waals surface area contributed by atoms with Crippen molar-refractivity contribution in [2.24, 2.45) is 0 Å². The molecule has 104 valence electrons. The van der Waals surface area contributed by atoms with Crippen molar-refractivity contribution < 1.29 is 4.42 Å². The van der Waals surface area contributed by atoms with E-state index >= 15 is 0 Å². The molecule has 2 heterocycles. The Morgan fingerprint density at radius 2 is 2.11 bits per heavy atom. The van der Waals surface area contributed by atoms with Crippen LogP contribution in [0.15, 0.2) is 22.6 Å². The summed E-state index contributed by atoms with van der Waals surface area (Å²) in [6.07, 6.45) is 0.898. The average molecular weight is 261 g/mol. The Morgan fingerprint density at radius 1 is 1.32 bits per heavy atom. The number of aromatic nitrogens is 2. The van der Waals surface area contributed by atoms with E-state index in [4.69, 9.17) is 4.42 Å². The number of likely N-dealkylation sites (N-methyl/N-ethyl adjacent to an activating group) is 1. The third-order valence-corrected chi connectivity index (χ3v) is 3.25. The lowest BCUT2D eigenvalue weighted by molar-refractivity contribution is 0.397. The van der Waals surface area contributed by atoms with Crippen molar-refractivity contribution in [3.63, 3.8) is 0 Å². The topological polar surface area (TPSA) is 43.0 Å². The highest BCUT2D eigenvalue weighted by Gasteiger charge is 2.17. The van der Waals surface area contributed by atoms with E-state index in [-0.39, 0.29) is 6.04 Å². The Labute approximate surface area is 114 Å². The highest BCUT2D eigenvalue weighted by Crippen LogP contribution is 2.21. The first-order chi connectivity index (χ1) is 9.13. The molecule has 19 heavy (non-hydrogen) atoms. The van der Waals surface area contributed by atoms with Gasteiger partial charge < -0.3 is 9.73 Å². The summed E-state index contributed by atoms with van der Waals surface area (Å²) < 4.78 is 7.82. The molecule has 1 atom stereocenters. The number of furan rings is 1. The zero-order valence-electron chi connectivity index (χ0n) is 12.2. The molecule has 0 fully saturated rings. The lowest BCUT2D eigenvalue weighted by Gasteiger charge is -2.16. The van der Waals surface area contributed by atoms with E-state index in [1.54, 1.807) is 0 Å². The van der Waals surface area contributed by atoms with Crippen molar-refractivity contribution in [1.29, 1.82) is 0 Å². The fourth-order valence-electron chi connectivity index (χ4n) is 2.41. The monoisotopic (exact) mass is 261 g/mol. The molecule has 0 spiro atoms. The zero-order chi connectivity index (χ0) is 13.8. The Balaban J connectivity index is 2.20. The minimum Gasteiger partial charge on any atom is -0.465 e. The summed E-state index contributed by atoms with van der Waals surface area (Å²) in [6, 6.07) is 6.44. The van der Waals surface area contributed by atoms with Gasteiger partial charge in [-0.1, -0.05) is 6.92 Å². The highest BCUT2D eigenvalue weighted by atomic mass is 16.3. The second-order valence-corrected chi connectivity index (χ2v) is 4.86. The minimum atomic E-state index is 0.208. The van der Waals surface area contributed by atoms with Gasteiger partial charge in [0.05, 0.1) is 11.7 Å². The number of rotatable bonds is 6. The Bertz CT molecular complexity index is 527. The van der Waals surface area contributed by atoms with Gasteiger partial charge in [0.2, 0.25) is 0 Å². The van der Waals surface area contributed by atoms with Gasteiger partial charge in [0.25, 0.3) is 0 Å². The van der Waals surface area contributed by atoms with E-state index in [0.29, 0.717) is 0 Å². The zero-order valence-corrected chi connectivity index (χ0v) is 12.2. The van der Waals surface area contributed by atoms with E-state index in [9.17, 15) is 0 Å². The molecule has 0 amide bonds. The molecule has 0 aliphatic rings. The first kappa shape index (κ1) is 13.9. The number of nitrogens with one attached hydrogen (secondary N) is 1. The van der Waals surface area contributed by atoms with Crippen LogP contribution in [0.3, 0.4) is 0 Å². The van der Waals surface area contributed by atoms with Crippen molar-refractivity contribution in [3.05, 3.63) is 41.1 Å². The summed E-state index contributed by atoms with van der Waals surface area (Å²) in [4.78, 5) is 0. The number of nitrogens with zero attached hydrogens (tertiary/aromatic N) is 2. The molecule has 1 unspecified atom stereocenters. The van der Waals surface area contributed by atoms with Crippen LogP contribution < -0.4 is 5.32 Å². The molecule has 4 nitrogen and oxygen atoms in total. The van der Waals surface area contributed by atoms with Gasteiger partial charge in [0.15, 0.2) is 0 Å². The van der Waals surface area contributed by atoms with Gasteiger partial charge in [-0.05, 0) is 45.5 Å². The quantitative estimate of drug-likeness (QED) is 0.869. The van der Waals surface area contributed by atoms with Crippen LogP contribution >= 0.6 is 0 Å². The van der Waals surface area contributed by atoms with Gasteiger partial charge in [0.1, 0.15) is 11.5 Å².